The molecule has 154 valence electrons. The topological polar surface area (TPSA) is 92.0 Å². The lowest BCUT2D eigenvalue weighted by Crippen LogP contribution is -2.35. The van der Waals surface area contributed by atoms with Crippen LogP contribution in [0.2, 0.25) is 0 Å². The zero-order valence-corrected chi connectivity index (χ0v) is 17.6. The van der Waals surface area contributed by atoms with E-state index in [0.717, 1.165) is 43.1 Å². The number of furan rings is 1. The van der Waals surface area contributed by atoms with Crippen LogP contribution in [-0.2, 0) is 15.8 Å². The van der Waals surface area contributed by atoms with Gasteiger partial charge in [-0.2, -0.15) is 20.2 Å². The van der Waals surface area contributed by atoms with Crippen molar-refractivity contribution in [3.8, 4) is 0 Å². The van der Waals surface area contributed by atoms with Crippen LogP contribution in [0.15, 0.2) is 50.3 Å². The molecule has 0 unspecified atom stereocenters. The van der Waals surface area contributed by atoms with Crippen LogP contribution in [0.25, 0.3) is 0 Å². The molecule has 2 aromatic rings. The monoisotopic (exact) mass is 433 g/mol. The fraction of sp³-hybridized carbons (Fsp3) is 0.400. The third-order valence-electron chi connectivity index (χ3n) is 4.97. The number of carbonyl (C=O) groups is 1. The number of rotatable bonds is 6. The molecular weight excluding hydrogens is 410 g/mol. The van der Waals surface area contributed by atoms with Crippen molar-refractivity contribution in [2.75, 3.05) is 23.7 Å². The van der Waals surface area contributed by atoms with Gasteiger partial charge in [0, 0.05) is 30.8 Å². The average Bonchev–Trinajstić information content (AvgIpc) is 3.12. The molecule has 1 aromatic carbocycles. The van der Waals surface area contributed by atoms with Crippen molar-refractivity contribution < 1.29 is 17.6 Å². The molecule has 1 fully saturated rings. The van der Waals surface area contributed by atoms with Gasteiger partial charge in [0.15, 0.2) is 0 Å². The average molecular weight is 434 g/mol. The van der Waals surface area contributed by atoms with E-state index in [0.29, 0.717) is 30.1 Å². The van der Waals surface area contributed by atoms with Gasteiger partial charge >= 0.3 is 0 Å². The molecule has 0 saturated carbocycles. The van der Waals surface area contributed by atoms with Crippen molar-refractivity contribution in [1.82, 2.24) is 5.32 Å². The highest BCUT2D eigenvalue weighted by Crippen LogP contribution is 2.34. The van der Waals surface area contributed by atoms with Crippen LogP contribution in [0.5, 0.6) is 0 Å². The molecule has 0 aliphatic carbocycles. The van der Waals surface area contributed by atoms with E-state index in [1.807, 2.05) is 17.0 Å². The van der Waals surface area contributed by atoms with Crippen molar-refractivity contribution in [2.24, 2.45) is 4.40 Å². The van der Waals surface area contributed by atoms with Crippen LogP contribution < -0.4 is 10.2 Å². The SMILES string of the molecule is O=C(NCCSCc1ccco1)c1ccc2c(c1)S(=O)(=O)N=C1CCCCCN12. The molecule has 2 aliphatic rings. The van der Waals surface area contributed by atoms with Crippen molar-refractivity contribution in [1.29, 1.82) is 0 Å². The molecule has 0 bridgehead atoms. The normalized spacial score (nSPS) is 17.7. The maximum atomic E-state index is 12.7. The highest BCUT2D eigenvalue weighted by atomic mass is 32.2. The van der Waals surface area contributed by atoms with Gasteiger partial charge in [0.05, 0.1) is 17.7 Å². The molecule has 1 N–H and O–H groups in total. The Kier molecular flexibility index (Phi) is 5.96. The van der Waals surface area contributed by atoms with E-state index in [4.69, 9.17) is 4.42 Å². The van der Waals surface area contributed by atoms with E-state index in [-0.39, 0.29) is 10.8 Å². The van der Waals surface area contributed by atoms with Crippen molar-refractivity contribution >= 4 is 39.2 Å². The number of sulfonamides is 1. The number of amidine groups is 1. The first kappa shape index (κ1) is 20.0. The van der Waals surface area contributed by atoms with Gasteiger partial charge in [-0.05, 0) is 43.2 Å². The molecule has 29 heavy (non-hydrogen) atoms. The Balaban J connectivity index is 1.42. The van der Waals surface area contributed by atoms with Gasteiger partial charge in [0.25, 0.3) is 15.9 Å². The third kappa shape index (κ3) is 4.51. The summed E-state index contributed by atoms with van der Waals surface area (Å²) < 4.78 is 34.6. The number of nitrogens with zero attached hydrogens (tertiary/aromatic N) is 2. The predicted molar refractivity (Wildman–Crippen MR) is 114 cm³/mol. The van der Waals surface area contributed by atoms with E-state index in [1.165, 1.54) is 6.07 Å². The smallest absolute Gasteiger partial charge is 0.286 e. The van der Waals surface area contributed by atoms with E-state index in [2.05, 4.69) is 9.71 Å². The number of nitrogens with one attached hydrogen (secondary N) is 1. The van der Waals surface area contributed by atoms with Crippen LogP contribution in [0.1, 0.15) is 41.8 Å². The number of carbonyl (C=O) groups excluding carboxylic acids is 1. The quantitative estimate of drug-likeness (QED) is 0.702. The Labute approximate surface area is 174 Å². The van der Waals surface area contributed by atoms with E-state index >= 15 is 0 Å². The van der Waals surface area contributed by atoms with Crippen molar-refractivity contribution in [3.05, 3.63) is 47.9 Å². The molecule has 1 saturated heterocycles. The van der Waals surface area contributed by atoms with Crippen molar-refractivity contribution in [2.45, 2.75) is 36.3 Å². The summed E-state index contributed by atoms with van der Waals surface area (Å²) in [6, 6.07) is 8.62. The summed E-state index contributed by atoms with van der Waals surface area (Å²) in [5, 5.41) is 2.84. The minimum atomic E-state index is -3.79. The summed E-state index contributed by atoms with van der Waals surface area (Å²) >= 11 is 1.66. The lowest BCUT2D eigenvalue weighted by atomic mass is 10.1. The molecule has 3 heterocycles. The molecule has 1 amide bonds. The molecule has 2 aliphatic heterocycles. The highest BCUT2D eigenvalue weighted by Gasteiger charge is 2.32. The first-order chi connectivity index (χ1) is 14.0. The van der Waals surface area contributed by atoms with Gasteiger partial charge in [0.2, 0.25) is 0 Å². The summed E-state index contributed by atoms with van der Waals surface area (Å²) in [6.07, 6.45) is 5.30. The number of amides is 1. The Morgan fingerprint density at radius 1 is 1.24 bits per heavy atom. The largest absolute Gasteiger partial charge is 0.468 e. The second-order valence-electron chi connectivity index (χ2n) is 7.02. The van der Waals surface area contributed by atoms with Crippen LogP contribution in [-0.4, -0.2) is 39.0 Å². The number of hydrogen-bond acceptors (Lipinski definition) is 6. The van der Waals surface area contributed by atoms with Gasteiger partial charge in [-0.25, -0.2) is 0 Å². The maximum absolute atomic E-state index is 12.7. The van der Waals surface area contributed by atoms with Gasteiger partial charge < -0.3 is 14.6 Å². The van der Waals surface area contributed by atoms with Gasteiger partial charge in [-0.15, -0.1) is 4.40 Å². The number of benzene rings is 1. The number of fused-ring (bicyclic) bond motifs is 3. The Morgan fingerprint density at radius 3 is 2.97 bits per heavy atom. The first-order valence-corrected chi connectivity index (χ1v) is 12.3. The minimum absolute atomic E-state index is 0.114. The fourth-order valence-corrected chi connectivity index (χ4v) is 5.57. The Hall–Kier alpha value is -2.26. The van der Waals surface area contributed by atoms with Crippen LogP contribution in [0, 0.1) is 0 Å². The molecule has 4 rings (SSSR count). The van der Waals surface area contributed by atoms with E-state index in [1.54, 1.807) is 30.2 Å². The molecule has 0 radical (unpaired) electrons. The molecule has 9 heteroatoms. The molecule has 0 spiro atoms. The van der Waals surface area contributed by atoms with Crippen LogP contribution in [0.3, 0.4) is 0 Å². The summed E-state index contributed by atoms with van der Waals surface area (Å²) in [5.41, 5.74) is 0.958. The van der Waals surface area contributed by atoms with Gasteiger partial charge in [-0.1, -0.05) is 6.42 Å². The van der Waals surface area contributed by atoms with E-state index < -0.39 is 10.0 Å². The zero-order chi connectivity index (χ0) is 20.3. The first-order valence-electron chi connectivity index (χ1n) is 9.68. The Bertz CT molecular complexity index is 1020. The van der Waals surface area contributed by atoms with Gasteiger partial charge in [0.1, 0.15) is 16.5 Å². The van der Waals surface area contributed by atoms with Crippen molar-refractivity contribution in [3.63, 3.8) is 0 Å². The van der Waals surface area contributed by atoms with Gasteiger partial charge in [-0.3, -0.25) is 4.79 Å². The number of hydrogen-bond donors (Lipinski definition) is 1. The summed E-state index contributed by atoms with van der Waals surface area (Å²) in [4.78, 5) is 14.6. The standard InChI is InChI=1S/C20H23N3O4S2/c24-20(21-9-12-28-14-16-5-4-11-27-16)15-7-8-17-18(13-15)29(25,26)22-19-6-2-1-3-10-23(17)19/h4-5,7-8,11,13H,1-3,6,9-10,12,14H2,(H,21,24). The number of thioether (sulfide) groups is 1. The summed E-state index contributed by atoms with van der Waals surface area (Å²) in [6.45, 7) is 1.24. The lowest BCUT2D eigenvalue weighted by molar-refractivity contribution is 0.0956. The molecular formula is C20H23N3O4S2. The van der Waals surface area contributed by atoms with E-state index in [9.17, 15) is 13.2 Å². The second-order valence-corrected chi connectivity index (χ2v) is 9.69. The summed E-state index contributed by atoms with van der Waals surface area (Å²) in [5.74, 6) is 2.70. The molecule has 7 nitrogen and oxygen atoms in total. The lowest BCUT2D eigenvalue weighted by Gasteiger charge is -2.29. The van der Waals surface area contributed by atoms with Crippen LogP contribution in [0.4, 0.5) is 5.69 Å². The third-order valence-corrected chi connectivity index (χ3v) is 7.28. The highest BCUT2D eigenvalue weighted by molar-refractivity contribution is 7.98. The summed E-state index contributed by atoms with van der Waals surface area (Å²) in [7, 11) is -3.79. The zero-order valence-electron chi connectivity index (χ0n) is 16.0. The molecule has 0 atom stereocenters. The second kappa shape index (κ2) is 8.62. The predicted octanol–water partition coefficient (Wildman–Crippen LogP) is 3.42. The molecule has 1 aromatic heterocycles. The maximum Gasteiger partial charge on any atom is 0.286 e. The van der Waals surface area contributed by atoms with Crippen LogP contribution >= 0.6 is 11.8 Å². The number of anilines is 1. The fourth-order valence-electron chi connectivity index (χ4n) is 3.53. The minimum Gasteiger partial charge on any atom is -0.468 e. The Morgan fingerprint density at radius 2 is 2.14 bits per heavy atom.